The van der Waals surface area contributed by atoms with E-state index in [9.17, 15) is 29.1 Å². The highest BCUT2D eigenvalue weighted by atomic mass is 16.5. The standard InChI is InChI=1S/C28H38O8/c1-15-13-18-24(5,28(22(33)35-8)21(32)26(7,34)20(31)25(15,28)6)11-9-17-23(3,4)19(36-16(2)30)10-12-27(17,18)14-29/h13-14,17-19,34H,9-12H2,1-8H3/t17-,18-,19+,24-,25-,26+,27-,28+/m1/s1. The van der Waals surface area contributed by atoms with Gasteiger partial charge in [0.25, 0.3) is 0 Å². The van der Waals surface area contributed by atoms with Crippen molar-refractivity contribution < 1.29 is 38.6 Å². The fourth-order valence-electron chi connectivity index (χ4n) is 9.19. The van der Waals surface area contributed by atoms with Gasteiger partial charge in [-0.1, -0.05) is 32.4 Å². The van der Waals surface area contributed by atoms with Crippen LogP contribution in [0.5, 0.6) is 0 Å². The number of carbonyl (C=O) groups is 5. The number of carbonyl (C=O) groups excluding carboxylic acids is 5. The van der Waals surface area contributed by atoms with Gasteiger partial charge in [-0.05, 0) is 63.7 Å². The fraction of sp³-hybridized carbons (Fsp3) is 0.750. The molecule has 36 heavy (non-hydrogen) atoms. The zero-order valence-electron chi connectivity index (χ0n) is 22.5. The molecule has 0 spiro atoms. The van der Waals surface area contributed by atoms with Gasteiger partial charge in [0.1, 0.15) is 12.4 Å². The van der Waals surface area contributed by atoms with Gasteiger partial charge in [0.05, 0.1) is 12.5 Å². The number of ketones is 2. The van der Waals surface area contributed by atoms with Gasteiger partial charge in [-0.15, -0.1) is 0 Å². The molecule has 0 heterocycles. The number of hydrogen-bond donors (Lipinski definition) is 1. The van der Waals surface area contributed by atoms with Crippen LogP contribution >= 0.6 is 0 Å². The van der Waals surface area contributed by atoms with E-state index < -0.39 is 56.1 Å². The van der Waals surface area contributed by atoms with E-state index in [0.29, 0.717) is 31.3 Å². The second-order valence-corrected chi connectivity index (χ2v) is 12.6. The Bertz CT molecular complexity index is 1100. The van der Waals surface area contributed by atoms with E-state index in [2.05, 4.69) is 0 Å². The van der Waals surface area contributed by atoms with Crippen molar-refractivity contribution in [3.05, 3.63) is 11.6 Å². The number of aliphatic hydroxyl groups is 1. The highest BCUT2D eigenvalue weighted by molar-refractivity contribution is 6.30. The fourth-order valence-corrected chi connectivity index (χ4v) is 9.19. The van der Waals surface area contributed by atoms with Crippen LogP contribution in [0, 0.1) is 38.9 Å². The van der Waals surface area contributed by atoms with Crippen molar-refractivity contribution in [2.45, 2.75) is 85.9 Å². The maximum absolute atomic E-state index is 14.1. The van der Waals surface area contributed by atoms with Gasteiger partial charge in [-0.25, -0.2) is 0 Å². The minimum atomic E-state index is -2.37. The van der Waals surface area contributed by atoms with Crippen molar-refractivity contribution in [3.8, 4) is 0 Å². The van der Waals surface area contributed by atoms with E-state index in [1.54, 1.807) is 20.8 Å². The first-order valence-electron chi connectivity index (χ1n) is 12.7. The number of allylic oxidation sites excluding steroid dienone is 2. The van der Waals surface area contributed by atoms with Gasteiger partial charge >= 0.3 is 11.9 Å². The van der Waals surface area contributed by atoms with Gasteiger partial charge in [0, 0.05) is 17.8 Å². The molecule has 0 aromatic carbocycles. The lowest BCUT2D eigenvalue weighted by Crippen LogP contribution is -2.70. The number of hydrogen-bond acceptors (Lipinski definition) is 8. The predicted octanol–water partition coefficient (Wildman–Crippen LogP) is 2.98. The van der Waals surface area contributed by atoms with Gasteiger partial charge < -0.3 is 19.4 Å². The Morgan fingerprint density at radius 2 is 1.67 bits per heavy atom. The molecule has 0 bridgehead atoms. The summed E-state index contributed by atoms with van der Waals surface area (Å²) in [6.45, 7) is 11.6. The quantitative estimate of drug-likeness (QED) is 0.270. The molecule has 198 valence electrons. The number of methoxy groups -OCH3 is 1. The molecule has 0 unspecified atom stereocenters. The third kappa shape index (κ3) is 2.61. The number of ether oxygens (including phenoxy) is 2. The molecule has 8 atom stereocenters. The van der Waals surface area contributed by atoms with Crippen LogP contribution in [0.15, 0.2) is 11.6 Å². The van der Waals surface area contributed by atoms with Crippen molar-refractivity contribution in [3.63, 3.8) is 0 Å². The minimum Gasteiger partial charge on any atom is -0.468 e. The molecule has 4 aliphatic carbocycles. The second-order valence-electron chi connectivity index (χ2n) is 12.6. The molecule has 1 N–H and O–H groups in total. The smallest absolute Gasteiger partial charge is 0.321 e. The summed E-state index contributed by atoms with van der Waals surface area (Å²) >= 11 is 0. The molecule has 8 nitrogen and oxygen atoms in total. The molecule has 3 fully saturated rings. The number of Topliss-reactive ketones (excluding diaryl/α,β-unsaturated/α-hetero) is 2. The summed E-state index contributed by atoms with van der Waals surface area (Å²) in [4.78, 5) is 66.6. The van der Waals surface area contributed by atoms with E-state index in [1.807, 2.05) is 19.9 Å². The zero-order chi connectivity index (χ0) is 27.3. The van der Waals surface area contributed by atoms with Crippen LogP contribution in [0.25, 0.3) is 0 Å². The third-order valence-electron chi connectivity index (χ3n) is 10.9. The number of fused-ring (bicyclic) bond motifs is 5. The molecule has 3 saturated carbocycles. The normalized spacial score (nSPS) is 47.1. The topological polar surface area (TPSA) is 124 Å². The lowest BCUT2D eigenvalue weighted by molar-refractivity contribution is -0.217. The lowest BCUT2D eigenvalue weighted by Gasteiger charge is -2.67. The first-order valence-corrected chi connectivity index (χ1v) is 12.7. The van der Waals surface area contributed by atoms with E-state index in [-0.39, 0.29) is 18.0 Å². The van der Waals surface area contributed by atoms with Crippen LogP contribution in [-0.2, 0) is 33.4 Å². The minimum absolute atomic E-state index is 0.200. The monoisotopic (exact) mass is 502 g/mol. The highest BCUT2D eigenvalue weighted by Gasteiger charge is 2.85. The van der Waals surface area contributed by atoms with Crippen LogP contribution in [-0.4, -0.2) is 53.7 Å². The molecular weight excluding hydrogens is 464 g/mol. The number of rotatable bonds is 3. The van der Waals surface area contributed by atoms with Crippen LogP contribution in [0.2, 0.25) is 0 Å². The summed E-state index contributed by atoms with van der Waals surface area (Å²) in [5.74, 6) is -3.58. The van der Waals surface area contributed by atoms with E-state index in [1.165, 1.54) is 14.0 Å². The summed E-state index contributed by atoms with van der Waals surface area (Å²) in [7, 11) is 1.18. The maximum Gasteiger partial charge on any atom is 0.321 e. The molecule has 4 aliphatic rings. The molecule has 8 heteroatoms. The first-order chi connectivity index (χ1) is 16.5. The molecule has 0 aromatic heterocycles. The largest absolute Gasteiger partial charge is 0.468 e. The average molecular weight is 503 g/mol. The van der Waals surface area contributed by atoms with Crippen molar-refractivity contribution in [1.82, 2.24) is 0 Å². The van der Waals surface area contributed by atoms with Gasteiger partial charge in [-0.3, -0.25) is 19.2 Å². The highest BCUT2D eigenvalue weighted by Crippen LogP contribution is 2.76. The Labute approximate surface area is 212 Å². The van der Waals surface area contributed by atoms with Crippen LogP contribution in [0.1, 0.15) is 74.1 Å². The van der Waals surface area contributed by atoms with E-state index >= 15 is 0 Å². The molecule has 0 saturated heterocycles. The lowest BCUT2D eigenvalue weighted by atomic mass is 9.34. The van der Waals surface area contributed by atoms with Crippen molar-refractivity contribution >= 4 is 29.8 Å². The Hall–Kier alpha value is -2.35. The van der Waals surface area contributed by atoms with Crippen molar-refractivity contribution in [2.75, 3.05) is 7.11 Å². The summed E-state index contributed by atoms with van der Waals surface area (Å²) in [5, 5.41) is 11.2. The molecular formula is C28H38O8. The van der Waals surface area contributed by atoms with E-state index in [4.69, 9.17) is 9.47 Å². The zero-order valence-corrected chi connectivity index (χ0v) is 22.5. The van der Waals surface area contributed by atoms with Gasteiger partial charge in [0.2, 0.25) is 0 Å². The number of esters is 2. The SMILES string of the molecule is COC(=O)[C@]12C(=O)[C@@](C)(O)C(=O)[C@@]1(C)C(C)=C[C@H]1[C@@]3(C=O)CC[C@H](OC(C)=O)C(C)(C)[C@H]3CC[C@]12C. The van der Waals surface area contributed by atoms with Crippen LogP contribution in [0.3, 0.4) is 0 Å². The summed E-state index contributed by atoms with van der Waals surface area (Å²) in [6, 6.07) is 0. The molecule has 0 aromatic rings. The Kier molecular flexibility index (Phi) is 5.63. The second kappa shape index (κ2) is 7.59. The molecule has 0 aliphatic heterocycles. The Morgan fingerprint density at radius 1 is 1.06 bits per heavy atom. The van der Waals surface area contributed by atoms with Crippen LogP contribution < -0.4 is 0 Å². The first kappa shape index (κ1) is 26.7. The maximum atomic E-state index is 14.1. The molecule has 4 rings (SSSR count). The average Bonchev–Trinajstić information content (AvgIpc) is 2.93. The third-order valence-corrected chi connectivity index (χ3v) is 10.9. The van der Waals surface area contributed by atoms with Gasteiger partial charge in [0.15, 0.2) is 22.6 Å². The van der Waals surface area contributed by atoms with Crippen molar-refractivity contribution in [2.24, 2.45) is 38.9 Å². The molecule has 0 radical (unpaired) electrons. The summed E-state index contributed by atoms with van der Waals surface area (Å²) < 4.78 is 10.9. The van der Waals surface area contributed by atoms with Gasteiger partial charge in [-0.2, -0.15) is 0 Å². The Morgan fingerprint density at radius 3 is 2.19 bits per heavy atom. The summed E-state index contributed by atoms with van der Waals surface area (Å²) in [6.07, 6.45) is 4.16. The number of aldehydes is 1. The van der Waals surface area contributed by atoms with Crippen LogP contribution in [0.4, 0.5) is 0 Å². The molecule has 0 amide bonds. The summed E-state index contributed by atoms with van der Waals surface area (Å²) in [5.41, 5.74) is -8.18. The van der Waals surface area contributed by atoms with E-state index in [0.717, 1.165) is 13.2 Å². The predicted molar refractivity (Wildman–Crippen MR) is 128 cm³/mol. The Balaban J connectivity index is 2.01. The van der Waals surface area contributed by atoms with Crippen molar-refractivity contribution in [1.29, 1.82) is 0 Å².